The van der Waals surface area contributed by atoms with Crippen LogP contribution in [0.15, 0.2) is 90.6 Å². The quantitative estimate of drug-likeness (QED) is 0.267. The highest BCUT2D eigenvalue weighted by Crippen LogP contribution is 2.29. The molecule has 0 spiro atoms. The van der Waals surface area contributed by atoms with Gasteiger partial charge in [-0.15, -0.1) is 11.3 Å². The van der Waals surface area contributed by atoms with E-state index in [4.69, 9.17) is 9.47 Å². The maximum atomic E-state index is 11.6. The van der Waals surface area contributed by atoms with Crippen molar-refractivity contribution in [2.75, 3.05) is 0 Å². The normalized spacial score (nSPS) is 10.8. The van der Waals surface area contributed by atoms with Crippen molar-refractivity contribution in [2.24, 2.45) is 0 Å². The fraction of sp³-hybridized carbons (Fsp3) is 0.111. The zero-order chi connectivity index (χ0) is 24.0. The predicted molar refractivity (Wildman–Crippen MR) is 134 cm³/mol. The van der Waals surface area contributed by atoms with Crippen LogP contribution in [0.25, 0.3) is 21.8 Å². The molecular formula is C27H22N4O3S. The summed E-state index contributed by atoms with van der Waals surface area (Å²) in [6.45, 7) is 2.20. The number of nitrogens with zero attached hydrogens (tertiary/aromatic N) is 4. The molecule has 0 aliphatic rings. The van der Waals surface area contributed by atoms with E-state index in [0.29, 0.717) is 30.5 Å². The lowest BCUT2D eigenvalue weighted by molar-refractivity contribution is -0.131. The van der Waals surface area contributed by atoms with Crippen molar-refractivity contribution in [1.82, 2.24) is 19.7 Å². The molecule has 0 bridgehead atoms. The van der Waals surface area contributed by atoms with Gasteiger partial charge in [0.2, 0.25) is 5.88 Å². The number of benzene rings is 2. The van der Waals surface area contributed by atoms with E-state index in [2.05, 4.69) is 15.1 Å². The number of rotatable bonds is 8. The molecule has 5 aromatic rings. The summed E-state index contributed by atoms with van der Waals surface area (Å²) in [6.07, 6.45) is 3.47. The maximum absolute atomic E-state index is 11.6. The molecule has 0 saturated heterocycles. The van der Waals surface area contributed by atoms with Crippen molar-refractivity contribution in [3.63, 3.8) is 0 Å². The van der Waals surface area contributed by atoms with Crippen LogP contribution < -0.4 is 9.47 Å². The van der Waals surface area contributed by atoms with Crippen molar-refractivity contribution in [1.29, 1.82) is 0 Å². The van der Waals surface area contributed by atoms with Crippen LogP contribution >= 0.6 is 11.3 Å². The number of thiazole rings is 1. The van der Waals surface area contributed by atoms with Crippen LogP contribution in [0.3, 0.4) is 0 Å². The number of aromatic nitrogens is 4. The summed E-state index contributed by atoms with van der Waals surface area (Å²) in [4.78, 5) is 20.6. The Labute approximate surface area is 206 Å². The standard InChI is InChI=1S/C27H22N4O3S/c1-19(32)34-24-16-31(30-26(24)21-8-4-2-5-9-21)15-20-12-13-25(28-14-20)33-17-23-18-35-27(29-23)22-10-6-3-7-11-22/h2-14,16,18H,15,17H2,1H3. The summed E-state index contributed by atoms with van der Waals surface area (Å²) < 4.78 is 12.9. The van der Waals surface area contributed by atoms with Gasteiger partial charge >= 0.3 is 5.97 Å². The summed E-state index contributed by atoms with van der Waals surface area (Å²) >= 11 is 1.59. The topological polar surface area (TPSA) is 79.1 Å². The molecule has 0 aliphatic heterocycles. The van der Waals surface area contributed by atoms with Gasteiger partial charge in [-0.25, -0.2) is 9.97 Å². The molecule has 174 valence electrons. The van der Waals surface area contributed by atoms with E-state index >= 15 is 0 Å². The lowest BCUT2D eigenvalue weighted by Crippen LogP contribution is -2.02. The van der Waals surface area contributed by atoms with Crippen molar-refractivity contribution in [3.8, 4) is 33.5 Å². The molecule has 8 heteroatoms. The first-order valence-corrected chi connectivity index (χ1v) is 11.9. The monoisotopic (exact) mass is 482 g/mol. The summed E-state index contributed by atoms with van der Waals surface area (Å²) in [5.74, 6) is 0.560. The number of carbonyl (C=O) groups is 1. The molecule has 35 heavy (non-hydrogen) atoms. The summed E-state index contributed by atoms with van der Waals surface area (Å²) in [5.41, 5.74) is 4.39. The van der Waals surface area contributed by atoms with Gasteiger partial charge in [-0.05, 0) is 5.56 Å². The zero-order valence-corrected chi connectivity index (χ0v) is 19.8. The maximum Gasteiger partial charge on any atom is 0.308 e. The van der Waals surface area contributed by atoms with Gasteiger partial charge in [-0.3, -0.25) is 9.48 Å². The van der Waals surface area contributed by atoms with Crippen LogP contribution in [0.4, 0.5) is 0 Å². The second-order valence-electron chi connectivity index (χ2n) is 7.80. The Hall–Kier alpha value is -4.30. The highest BCUT2D eigenvalue weighted by atomic mass is 32.1. The molecule has 0 aliphatic carbocycles. The first kappa shape index (κ1) is 22.5. The van der Waals surface area contributed by atoms with Crippen LogP contribution in [0.2, 0.25) is 0 Å². The third kappa shape index (κ3) is 5.62. The van der Waals surface area contributed by atoms with Gasteiger partial charge in [0.25, 0.3) is 0 Å². The molecular weight excluding hydrogens is 460 g/mol. The molecule has 5 rings (SSSR count). The summed E-state index contributed by atoms with van der Waals surface area (Å²) in [6, 6.07) is 23.5. The van der Waals surface area contributed by atoms with E-state index in [9.17, 15) is 4.79 Å². The van der Waals surface area contributed by atoms with E-state index in [-0.39, 0.29) is 5.97 Å². The molecule has 7 nitrogen and oxygen atoms in total. The highest BCUT2D eigenvalue weighted by Gasteiger charge is 2.15. The van der Waals surface area contributed by atoms with Crippen molar-refractivity contribution < 1.29 is 14.3 Å². The number of carbonyl (C=O) groups excluding carboxylic acids is 1. The third-order valence-electron chi connectivity index (χ3n) is 5.11. The van der Waals surface area contributed by atoms with Crippen LogP contribution in [-0.2, 0) is 17.9 Å². The SMILES string of the molecule is CC(=O)Oc1cn(Cc2ccc(OCc3csc(-c4ccccc4)n3)nc2)nc1-c1ccccc1. The largest absolute Gasteiger partial charge is 0.471 e. The average Bonchev–Trinajstić information content (AvgIpc) is 3.51. The second kappa shape index (κ2) is 10.3. The van der Waals surface area contributed by atoms with Gasteiger partial charge in [0, 0.05) is 35.7 Å². The van der Waals surface area contributed by atoms with Crippen LogP contribution in [0.5, 0.6) is 11.6 Å². The Morgan fingerprint density at radius 1 is 0.971 bits per heavy atom. The van der Waals surface area contributed by atoms with Crippen LogP contribution in [-0.4, -0.2) is 25.7 Å². The molecule has 0 atom stereocenters. The fourth-order valence-electron chi connectivity index (χ4n) is 3.52. The van der Waals surface area contributed by atoms with Gasteiger partial charge in [-0.2, -0.15) is 5.10 Å². The Morgan fingerprint density at radius 2 is 1.71 bits per heavy atom. The fourth-order valence-corrected chi connectivity index (χ4v) is 4.33. The van der Waals surface area contributed by atoms with Gasteiger partial charge in [0.15, 0.2) is 5.75 Å². The van der Waals surface area contributed by atoms with E-state index in [1.807, 2.05) is 78.2 Å². The number of esters is 1. The lowest BCUT2D eigenvalue weighted by atomic mass is 10.1. The van der Waals surface area contributed by atoms with E-state index in [0.717, 1.165) is 27.4 Å². The minimum absolute atomic E-state index is 0.348. The van der Waals surface area contributed by atoms with E-state index < -0.39 is 0 Å². The first-order valence-electron chi connectivity index (χ1n) is 11.0. The molecule has 0 amide bonds. The highest BCUT2D eigenvalue weighted by molar-refractivity contribution is 7.13. The van der Waals surface area contributed by atoms with Crippen LogP contribution in [0.1, 0.15) is 18.2 Å². The van der Waals surface area contributed by atoms with Crippen molar-refractivity contribution in [3.05, 3.63) is 102 Å². The van der Waals surface area contributed by atoms with Crippen molar-refractivity contribution >= 4 is 17.3 Å². The molecule has 0 saturated carbocycles. The molecule has 3 aromatic heterocycles. The van der Waals surface area contributed by atoms with Crippen LogP contribution in [0, 0.1) is 0 Å². The molecule has 0 fully saturated rings. The number of hydrogen-bond donors (Lipinski definition) is 0. The number of ether oxygens (including phenoxy) is 2. The Kier molecular flexibility index (Phi) is 6.63. The minimum atomic E-state index is -0.388. The van der Waals surface area contributed by atoms with Gasteiger partial charge in [-0.1, -0.05) is 66.7 Å². The Balaban J connectivity index is 1.24. The smallest absolute Gasteiger partial charge is 0.308 e. The van der Waals surface area contributed by atoms with Crippen molar-refractivity contribution in [2.45, 2.75) is 20.1 Å². The summed E-state index contributed by atoms with van der Waals surface area (Å²) in [7, 11) is 0. The zero-order valence-electron chi connectivity index (χ0n) is 19.0. The van der Waals surface area contributed by atoms with Gasteiger partial charge < -0.3 is 9.47 Å². The molecule has 0 N–H and O–H groups in total. The molecule has 3 heterocycles. The average molecular weight is 483 g/mol. The third-order valence-corrected chi connectivity index (χ3v) is 6.05. The number of pyridine rings is 1. The summed E-state index contributed by atoms with van der Waals surface area (Å²) in [5, 5.41) is 7.59. The van der Waals surface area contributed by atoms with Gasteiger partial charge in [0.1, 0.15) is 17.3 Å². The van der Waals surface area contributed by atoms with E-state index in [1.54, 1.807) is 28.4 Å². The second-order valence-corrected chi connectivity index (χ2v) is 8.66. The first-order chi connectivity index (χ1) is 17.1. The molecule has 0 radical (unpaired) electrons. The lowest BCUT2D eigenvalue weighted by Gasteiger charge is -2.05. The molecule has 2 aromatic carbocycles. The Morgan fingerprint density at radius 3 is 2.40 bits per heavy atom. The van der Waals surface area contributed by atoms with Gasteiger partial charge in [0.05, 0.1) is 18.4 Å². The number of hydrogen-bond acceptors (Lipinski definition) is 7. The molecule has 0 unspecified atom stereocenters. The van der Waals surface area contributed by atoms with E-state index in [1.165, 1.54) is 6.92 Å². The Bertz CT molecular complexity index is 1410. The minimum Gasteiger partial charge on any atom is -0.471 e. The predicted octanol–water partition coefficient (Wildman–Crippen LogP) is 5.62.